The highest BCUT2D eigenvalue weighted by Gasteiger charge is 2.41. The lowest BCUT2D eigenvalue weighted by atomic mass is 9.78. The Kier molecular flexibility index (Phi) is 3.78. The van der Waals surface area contributed by atoms with E-state index in [1.165, 1.54) is 5.56 Å². The number of nitrogens with two attached hydrogens (primary N) is 1. The summed E-state index contributed by atoms with van der Waals surface area (Å²) in [5, 5.41) is 13.8. The number of aromatic nitrogens is 2. The molecule has 1 heterocycles. The van der Waals surface area contributed by atoms with Crippen LogP contribution in [0.4, 0.5) is 0 Å². The molecule has 1 aliphatic carbocycles. The number of aliphatic hydroxyl groups excluding tert-OH is 1. The number of benzene rings is 1. The number of nitrogens with zero attached hydrogens (tertiary/aromatic N) is 2. The first-order chi connectivity index (χ1) is 10.1. The zero-order valence-corrected chi connectivity index (χ0v) is 12.2. The summed E-state index contributed by atoms with van der Waals surface area (Å²) in [4.78, 5) is 4.50. The van der Waals surface area contributed by atoms with E-state index in [4.69, 9.17) is 10.3 Å². The normalized spacial score (nSPS) is 20.3. The minimum absolute atomic E-state index is 0.179. The van der Waals surface area contributed by atoms with Crippen molar-refractivity contribution >= 4 is 0 Å². The smallest absolute Gasteiger partial charge is 0.246 e. The molecular weight excluding hydrogens is 266 g/mol. The Morgan fingerprint density at radius 3 is 2.52 bits per heavy atom. The molecule has 112 valence electrons. The van der Waals surface area contributed by atoms with Crippen molar-refractivity contribution in [1.82, 2.24) is 10.1 Å². The number of aliphatic hydroxyl groups is 1. The molecule has 5 heteroatoms. The van der Waals surface area contributed by atoms with Gasteiger partial charge in [-0.3, -0.25) is 0 Å². The van der Waals surface area contributed by atoms with E-state index in [2.05, 4.69) is 22.3 Å². The van der Waals surface area contributed by atoms with Crippen LogP contribution in [0.5, 0.6) is 0 Å². The first-order valence-corrected chi connectivity index (χ1v) is 7.47. The number of rotatable bonds is 4. The fraction of sp³-hybridized carbons (Fsp3) is 0.500. The van der Waals surface area contributed by atoms with Gasteiger partial charge in [0.05, 0.1) is 11.5 Å². The van der Waals surface area contributed by atoms with Crippen LogP contribution in [0.3, 0.4) is 0 Å². The van der Waals surface area contributed by atoms with E-state index >= 15 is 0 Å². The molecular formula is C16H21N3O2. The van der Waals surface area contributed by atoms with Gasteiger partial charge in [0.15, 0.2) is 5.82 Å². The number of hydrogen-bond donors (Lipinski definition) is 2. The Morgan fingerprint density at radius 1 is 1.24 bits per heavy atom. The van der Waals surface area contributed by atoms with Gasteiger partial charge in [-0.25, -0.2) is 0 Å². The summed E-state index contributed by atoms with van der Waals surface area (Å²) in [5.41, 5.74) is 6.93. The molecule has 1 fully saturated rings. The number of hydrogen-bond acceptors (Lipinski definition) is 5. The van der Waals surface area contributed by atoms with Gasteiger partial charge in [-0.15, -0.1) is 0 Å². The molecule has 2 atom stereocenters. The molecule has 2 aromatic rings. The van der Waals surface area contributed by atoms with Crippen molar-refractivity contribution in [2.24, 2.45) is 5.73 Å². The van der Waals surface area contributed by atoms with Crippen LogP contribution in [0.1, 0.15) is 55.9 Å². The van der Waals surface area contributed by atoms with E-state index in [0.29, 0.717) is 11.7 Å². The average molecular weight is 287 g/mol. The van der Waals surface area contributed by atoms with E-state index < -0.39 is 12.1 Å². The minimum Gasteiger partial charge on any atom is -0.391 e. The zero-order valence-electron chi connectivity index (χ0n) is 12.2. The maximum Gasteiger partial charge on any atom is 0.246 e. The summed E-state index contributed by atoms with van der Waals surface area (Å²) in [7, 11) is 0. The maximum atomic E-state index is 9.58. The molecule has 0 spiro atoms. The summed E-state index contributed by atoms with van der Waals surface area (Å²) in [6.45, 7) is 1.62. The Morgan fingerprint density at radius 2 is 1.90 bits per heavy atom. The molecule has 0 unspecified atom stereocenters. The van der Waals surface area contributed by atoms with Gasteiger partial charge in [-0.2, -0.15) is 4.98 Å². The van der Waals surface area contributed by atoms with Crippen LogP contribution in [-0.2, 0) is 5.41 Å². The van der Waals surface area contributed by atoms with E-state index in [0.717, 1.165) is 25.7 Å². The van der Waals surface area contributed by atoms with Crippen LogP contribution in [0, 0.1) is 0 Å². The molecule has 3 rings (SSSR count). The second-order valence-electron chi connectivity index (χ2n) is 5.88. The van der Waals surface area contributed by atoms with Crippen LogP contribution >= 0.6 is 0 Å². The summed E-state index contributed by atoms with van der Waals surface area (Å²) in [5.74, 6) is 1.000. The molecule has 1 aromatic carbocycles. The minimum atomic E-state index is -0.713. The van der Waals surface area contributed by atoms with Gasteiger partial charge in [0.2, 0.25) is 5.89 Å². The molecule has 5 nitrogen and oxygen atoms in total. The summed E-state index contributed by atoms with van der Waals surface area (Å²) in [6.07, 6.45) is 3.62. The van der Waals surface area contributed by atoms with Crippen molar-refractivity contribution in [2.45, 2.75) is 50.2 Å². The van der Waals surface area contributed by atoms with Gasteiger partial charge in [0.25, 0.3) is 0 Å². The van der Waals surface area contributed by atoms with Gasteiger partial charge in [-0.1, -0.05) is 48.3 Å². The van der Waals surface area contributed by atoms with Crippen molar-refractivity contribution < 1.29 is 9.63 Å². The van der Waals surface area contributed by atoms with Gasteiger partial charge in [-0.05, 0) is 25.3 Å². The summed E-state index contributed by atoms with van der Waals surface area (Å²) in [6, 6.07) is 9.69. The third kappa shape index (κ3) is 2.47. The van der Waals surface area contributed by atoms with Crippen molar-refractivity contribution in [3.63, 3.8) is 0 Å². The van der Waals surface area contributed by atoms with Crippen molar-refractivity contribution in [1.29, 1.82) is 0 Å². The predicted molar refractivity (Wildman–Crippen MR) is 78.6 cm³/mol. The molecule has 3 N–H and O–H groups in total. The van der Waals surface area contributed by atoms with Crippen molar-refractivity contribution in [3.05, 3.63) is 47.6 Å². The predicted octanol–water partition coefficient (Wildman–Crippen LogP) is 2.31. The lowest BCUT2D eigenvalue weighted by Crippen LogP contribution is -2.26. The van der Waals surface area contributed by atoms with Crippen LogP contribution in [-0.4, -0.2) is 21.4 Å². The largest absolute Gasteiger partial charge is 0.391 e. The molecule has 21 heavy (non-hydrogen) atoms. The van der Waals surface area contributed by atoms with Crippen LogP contribution in [0.2, 0.25) is 0 Å². The van der Waals surface area contributed by atoms with E-state index in [1.807, 2.05) is 18.2 Å². The monoisotopic (exact) mass is 287 g/mol. The van der Waals surface area contributed by atoms with Gasteiger partial charge >= 0.3 is 0 Å². The molecule has 0 aliphatic heterocycles. The molecule has 1 aromatic heterocycles. The standard InChI is InChI=1S/C16H21N3O2/c1-11(20)13(17)14-18-15(19-21-14)16(9-5-6-10-16)12-7-3-2-4-8-12/h2-4,7-8,11,13,20H,5-6,9-10,17H2,1H3/t11-,13+/m1/s1. The lowest BCUT2D eigenvalue weighted by Gasteiger charge is -2.25. The maximum absolute atomic E-state index is 9.58. The van der Waals surface area contributed by atoms with E-state index in [-0.39, 0.29) is 5.41 Å². The van der Waals surface area contributed by atoms with Gasteiger partial charge in [0, 0.05) is 0 Å². The topological polar surface area (TPSA) is 85.2 Å². The highest BCUT2D eigenvalue weighted by atomic mass is 16.5. The lowest BCUT2D eigenvalue weighted by molar-refractivity contribution is 0.146. The van der Waals surface area contributed by atoms with Crippen LogP contribution in [0.25, 0.3) is 0 Å². The summed E-state index contributed by atoms with van der Waals surface area (Å²) < 4.78 is 5.30. The van der Waals surface area contributed by atoms with Crippen LogP contribution in [0.15, 0.2) is 34.9 Å². The van der Waals surface area contributed by atoms with Crippen molar-refractivity contribution in [2.75, 3.05) is 0 Å². The van der Waals surface area contributed by atoms with Gasteiger partial charge in [0.1, 0.15) is 6.04 Å². The van der Waals surface area contributed by atoms with Crippen molar-refractivity contribution in [3.8, 4) is 0 Å². The Bertz CT molecular complexity index is 589. The zero-order chi connectivity index (χ0) is 14.9. The quantitative estimate of drug-likeness (QED) is 0.901. The second-order valence-corrected chi connectivity index (χ2v) is 5.88. The molecule has 1 saturated carbocycles. The third-order valence-electron chi connectivity index (χ3n) is 4.46. The Labute approximate surface area is 124 Å². The van der Waals surface area contributed by atoms with E-state index in [9.17, 15) is 5.11 Å². The average Bonchev–Trinajstić information content (AvgIpc) is 3.17. The SMILES string of the molecule is C[C@@H](O)[C@H](N)c1nc(C2(c3ccccc3)CCCC2)no1. The fourth-order valence-electron chi connectivity index (χ4n) is 3.15. The first-order valence-electron chi connectivity index (χ1n) is 7.47. The Balaban J connectivity index is 1.99. The molecule has 1 aliphatic rings. The summed E-state index contributed by atoms with van der Waals surface area (Å²) >= 11 is 0. The third-order valence-corrected chi connectivity index (χ3v) is 4.46. The molecule has 0 radical (unpaired) electrons. The second kappa shape index (κ2) is 5.58. The molecule has 0 saturated heterocycles. The molecule has 0 bridgehead atoms. The molecule has 0 amide bonds. The highest BCUT2D eigenvalue weighted by Crippen LogP contribution is 2.45. The van der Waals surface area contributed by atoms with E-state index in [1.54, 1.807) is 6.92 Å². The fourth-order valence-corrected chi connectivity index (χ4v) is 3.15. The Hall–Kier alpha value is -1.72. The van der Waals surface area contributed by atoms with Gasteiger partial charge < -0.3 is 15.4 Å². The first kappa shape index (κ1) is 14.2. The highest BCUT2D eigenvalue weighted by molar-refractivity contribution is 5.33. The van der Waals surface area contributed by atoms with Crippen LogP contribution < -0.4 is 5.73 Å².